The molecule has 0 radical (unpaired) electrons. The van der Waals surface area contributed by atoms with E-state index in [1.807, 2.05) is 30.3 Å². The Morgan fingerprint density at radius 2 is 1.34 bits per heavy atom. The predicted octanol–water partition coefficient (Wildman–Crippen LogP) is 6.95. The molecule has 0 atom stereocenters. The average Bonchev–Trinajstić information content (AvgIpc) is 3.18. The number of fused-ring (bicyclic) bond motifs is 4. The summed E-state index contributed by atoms with van der Waals surface area (Å²) in [7, 11) is 0.465. The fraction of sp³-hybridized carbons (Fsp3) is 0. The first-order valence-corrected chi connectivity index (χ1v) is 10.6. The number of para-hydroxylation sites is 1. The molecule has 0 fully saturated rings. The van der Waals surface area contributed by atoms with Crippen molar-refractivity contribution in [3.8, 4) is 22.6 Å². The first kappa shape index (κ1) is 18.6. The van der Waals surface area contributed by atoms with E-state index in [-0.39, 0.29) is 0 Å². The van der Waals surface area contributed by atoms with E-state index in [1.165, 1.54) is 21.9 Å². The topological polar surface area (TPSA) is 31.2 Å². The molecule has 0 bridgehead atoms. The van der Waals surface area contributed by atoms with Gasteiger partial charge in [-0.2, -0.15) is 0 Å². The molecule has 0 amide bonds. The van der Waals surface area contributed by atoms with Crippen molar-refractivity contribution in [1.82, 2.24) is 4.57 Å². The molecule has 0 unspecified atom stereocenters. The Labute approximate surface area is 185 Å². The zero-order valence-corrected chi connectivity index (χ0v) is 17.2. The molecule has 6 rings (SSSR count). The molecule has 0 aliphatic heterocycles. The van der Waals surface area contributed by atoms with Crippen molar-refractivity contribution in [2.75, 3.05) is 0 Å². The van der Waals surface area contributed by atoms with Gasteiger partial charge in [-0.3, -0.25) is 0 Å². The van der Waals surface area contributed by atoms with Gasteiger partial charge in [-0.15, -0.1) is 0 Å². The summed E-state index contributed by atoms with van der Waals surface area (Å²) in [5.41, 5.74) is 5.69. The van der Waals surface area contributed by atoms with E-state index in [4.69, 9.17) is 4.65 Å². The fourth-order valence-corrected chi connectivity index (χ4v) is 4.63. The van der Waals surface area contributed by atoms with Crippen LogP contribution in [0.4, 0.5) is 0 Å². The second-order valence-electron chi connectivity index (χ2n) is 7.82. The molecule has 1 aromatic heterocycles. The van der Waals surface area contributed by atoms with Gasteiger partial charge in [-0.1, -0.05) is 36.4 Å². The van der Waals surface area contributed by atoms with Crippen LogP contribution in [0.15, 0.2) is 109 Å². The Hall–Kier alpha value is -4.18. The molecule has 0 saturated heterocycles. The zero-order valence-electron chi connectivity index (χ0n) is 17.2. The summed E-state index contributed by atoms with van der Waals surface area (Å²) < 4.78 is 18.1. The average molecular weight is 411 g/mol. The quantitative estimate of drug-likeness (QED) is 0.294. The summed E-state index contributed by atoms with van der Waals surface area (Å²) in [5.74, 6) is 0.543. The molecule has 5 aromatic carbocycles. The van der Waals surface area contributed by atoms with Crippen LogP contribution in [0.5, 0.6) is 5.75 Å². The van der Waals surface area contributed by atoms with Crippen molar-refractivity contribution in [2.45, 2.75) is 0 Å². The standard InChI is InChI=1S/C28H18BNO2/c31-29-32-22-16-17-28-26(18-22)25-9-3-4-11-27(25)30(28)21-14-12-20(13-15-21)24-10-5-7-19-6-1-2-8-23(19)24/h1-18H. The van der Waals surface area contributed by atoms with Crippen molar-refractivity contribution < 1.29 is 9.36 Å². The van der Waals surface area contributed by atoms with Crippen LogP contribution in [0.25, 0.3) is 49.4 Å². The summed E-state index contributed by atoms with van der Waals surface area (Å²) in [5, 5.41) is 4.67. The van der Waals surface area contributed by atoms with Crippen LogP contribution < -0.4 is 4.65 Å². The molecular weight excluding hydrogens is 393 g/mol. The van der Waals surface area contributed by atoms with E-state index in [1.54, 1.807) is 0 Å². The van der Waals surface area contributed by atoms with Crippen LogP contribution in [-0.4, -0.2) is 11.9 Å². The maximum absolute atomic E-state index is 10.8. The van der Waals surface area contributed by atoms with Crippen LogP contribution >= 0.6 is 0 Å². The summed E-state index contributed by atoms with van der Waals surface area (Å²) in [4.78, 5) is 0. The Kier molecular flexibility index (Phi) is 4.36. The Morgan fingerprint density at radius 1 is 0.625 bits per heavy atom. The Bertz CT molecular complexity index is 1610. The third-order valence-corrected chi connectivity index (χ3v) is 6.05. The summed E-state index contributed by atoms with van der Waals surface area (Å²) in [6, 6.07) is 37.7. The van der Waals surface area contributed by atoms with E-state index in [2.05, 4.69) is 83.4 Å². The summed E-state index contributed by atoms with van der Waals surface area (Å²) in [6.45, 7) is 0. The van der Waals surface area contributed by atoms with Gasteiger partial charge in [0.1, 0.15) is 0 Å². The molecule has 0 N–H and O–H groups in total. The van der Waals surface area contributed by atoms with Gasteiger partial charge in [0.2, 0.25) is 0 Å². The van der Waals surface area contributed by atoms with Crippen molar-refractivity contribution in [1.29, 1.82) is 0 Å². The number of aromatic nitrogens is 1. The molecule has 1 heterocycles. The van der Waals surface area contributed by atoms with Crippen LogP contribution in [0.1, 0.15) is 0 Å². The molecule has 0 saturated carbocycles. The number of rotatable bonds is 4. The number of hydrogen-bond acceptors (Lipinski definition) is 2. The van der Waals surface area contributed by atoms with Gasteiger partial charge < -0.3 is 0 Å². The fourth-order valence-electron chi connectivity index (χ4n) is 4.63. The van der Waals surface area contributed by atoms with E-state index in [0.717, 1.165) is 27.5 Å². The minimum atomic E-state index is 0.465. The molecule has 3 nitrogen and oxygen atoms in total. The van der Waals surface area contributed by atoms with E-state index >= 15 is 0 Å². The third kappa shape index (κ3) is 2.92. The van der Waals surface area contributed by atoms with Crippen LogP contribution in [0, 0.1) is 0 Å². The molecule has 0 aliphatic rings. The normalized spacial score (nSPS) is 11.1. The maximum atomic E-state index is 10.8. The van der Waals surface area contributed by atoms with Gasteiger partial charge in [0.15, 0.2) is 0 Å². The van der Waals surface area contributed by atoms with Gasteiger partial charge >= 0.3 is 144 Å². The van der Waals surface area contributed by atoms with Crippen LogP contribution in [0.3, 0.4) is 0 Å². The van der Waals surface area contributed by atoms with E-state index in [9.17, 15) is 4.70 Å². The first-order chi connectivity index (χ1) is 15.8. The van der Waals surface area contributed by atoms with Crippen LogP contribution in [0.2, 0.25) is 0 Å². The van der Waals surface area contributed by atoms with Crippen LogP contribution in [-0.2, 0) is 4.70 Å². The van der Waals surface area contributed by atoms with Crippen molar-refractivity contribution in [3.63, 3.8) is 0 Å². The molecule has 0 spiro atoms. The van der Waals surface area contributed by atoms with Gasteiger partial charge in [0.05, 0.1) is 0 Å². The summed E-state index contributed by atoms with van der Waals surface area (Å²) in [6.07, 6.45) is 0. The summed E-state index contributed by atoms with van der Waals surface area (Å²) >= 11 is 0. The Balaban J connectivity index is 1.52. The first-order valence-electron chi connectivity index (χ1n) is 10.6. The second kappa shape index (κ2) is 7.50. The predicted molar refractivity (Wildman–Crippen MR) is 131 cm³/mol. The molecule has 32 heavy (non-hydrogen) atoms. The van der Waals surface area contributed by atoms with Crippen molar-refractivity contribution in [3.05, 3.63) is 109 Å². The van der Waals surface area contributed by atoms with Crippen molar-refractivity contribution in [2.24, 2.45) is 0 Å². The number of hydrogen-bond donors (Lipinski definition) is 0. The van der Waals surface area contributed by atoms with E-state index < -0.39 is 0 Å². The monoisotopic (exact) mass is 411 g/mol. The molecule has 150 valence electrons. The minimum absolute atomic E-state index is 0.465. The van der Waals surface area contributed by atoms with Crippen molar-refractivity contribution >= 4 is 39.9 Å². The zero-order chi connectivity index (χ0) is 21.5. The molecule has 4 heteroatoms. The molecular formula is C28H18BNO2. The second-order valence-corrected chi connectivity index (χ2v) is 7.82. The Morgan fingerprint density at radius 3 is 2.19 bits per heavy atom. The third-order valence-electron chi connectivity index (χ3n) is 6.05. The van der Waals surface area contributed by atoms with Gasteiger partial charge in [-0.05, 0) is 5.39 Å². The van der Waals surface area contributed by atoms with Gasteiger partial charge in [-0.25, -0.2) is 0 Å². The van der Waals surface area contributed by atoms with Gasteiger partial charge in [0, 0.05) is 0 Å². The molecule has 6 aromatic rings. The van der Waals surface area contributed by atoms with Gasteiger partial charge in [0.25, 0.3) is 0 Å². The number of benzene rings is 5. The molecule has 0 aliphatic carbocycles. The van der Waals surface area contributed by atoms with E-state index in [0.29, 0.717) is 13.1 Å². The SMILES string of the molecule is O=BOc1ccc2c(c1)c1ccccc1n2-c1ccc(-c2cccc3ccccc23)cc1. The number of nitrogens with zero attached hydrogens (tertiary/aromatic N) is 1.